The van der Waals surface area contributed by atoms with Crippen molar-refractivity contribution in [3.8, 4) is 0 Å². The Kier molecular flexibility index (Phi) is 13.1. The number of rotatable bonds is 9. The first-order valence-electron chi connectivity index (χ1n) is 11.3. The van der Waals surface area contributed by atoms with Gasteiger partial charge in [0.05, 0.1) is 0 Å². The third-order valence-corrected chi connectivity index (χ3v) is 6.09. The van der Waals surface area contributed by atoms with E-state index in [1.807, 2.05) is 0 Å². The fraction of sp³-hybridized carbons (Fsp3) is 0.905. The molecule has 0 aromatic carbocycles. The fourth-order valence-corrected chi connectivity index (χ4v) is 4.15. The quantitative estimate of drug-likeness (QED) is 0.187. The van der Waals surface area contributed by atoms with Crippen molar-refractivity contribution < 1.29 is 4.79 Å². The summed E-state index contributed by atoms with van der Waals surface area (Å²) in [5.41, 5.74) is 5.41. The number of primary amides is 1. The lowest BCUT2D eigenvalue weighted by Crippen LogP contribution is -2.49. The van der Waals surface area contributed by atoms with Gasteiger partial charge >= 0.3 is 0 Å². The summed E-state index contributed by atoms with van der Waals surface area (Å²) >= 11 is 0. The van der Waals surface area contributed by atoms with Crippen LogP contribution in [0.3, 0.4) is 0 Å². The molecule has 2 aliphatic rings. The van der Waals surface area contributed by atoms with E-state index in [0.29, 0.717) is 12.1 Å². The number of nitrogens with two attached hydrogens (primary N) is 1. The van der Waals surface area contributed by atoms with E-state index in [9.17, 15) is 4.79 Å². The van der Waals surface area contributed by atoms with Crippen molar-refractivity contribution >= 4 is 35.8 Å². The molecule has 0 saturated carbocycles. The van der Waals surface area contributed by atoms with Crippen molar-refractivity contribution in [3.05, 3.63) is 0 Å². The average Bonchev–Trinajstić information content (AvgIpc) is 2.68. The number of carbonyl (C=O) groups is 1. The van der Waals surface area contributed by atoms with Gasteiger partial charge in [-0.15, -0.1) is 24.0 Å². The first kappa shape index (κ1) is 26.4. The molecular weight excluding hydrogens is 479 g/mol. The second-order valence-corrected chi connectivity index (χ2v) is 8.53. The van der Waals surface area contributed by atoms with Crippen LogP contribution in [-0.2, 0) is 4.79 Å². The highest BCUT2D eigenvalue weighted by Crippen LogP contribution is 2.17. The van der Waals surface area contributed by atoms with Gasteiger partial charge in [0.2, 0.25) is 5.91 Å². The van der Waals surface area contributed by atoms with Crippen LogP contribution in [0.1, 0.15) is 59.3 Å². The van der Waals surface area contributed by atoms with Crippen LogP contribution in [0.2, 0.25) is 0 Å². The van der Waals surface area contributed by atoms with Gasteiger partial charge in [0.25, 0.3) is 0 Å². The molecule has 2 rings (SSSR count). The molecule has 0 bridgehead atoms. The van der Waals surface area contributed by atoms with Gasteiger partial charge in [-0.3, -0.25) is 9.79 Å². The minimum absolute atomic E-state index is 0. The predicted molar refractivity (Wildman–Crippen MR) is 132 cm³/mol. The molecule has 0 spiro atoms. The molecule has 2 saturated heterocycles. The van der Waals surface area contributed by atoms with Crippen LogP contribution in [0.25, 0.3) is 0 Å². The predicted octanol–water partition coefficient (Wildman–Crippen LogP) is 2.01. The zero-order chi connectivity index (χ0) is 20.4. The number of nitrogens with zero attached hydrogens (tertiary/aromatic N) is 3. The Balaban J connectivity index is 0.00000420. The van der Waals surface area contributed by atoms with Gasteiger partial charge in [0.1, 0.15) is 0 Å². The Bertz CT molecular complexity index is 486. The molecule has 0 radical (unpaired) electrons. The molecule has 0 atom stereocenters. The van der Waals surface area contributed by atoms with E-state index in [1.165, 1.54) is 25.9 Å². The molecular formula is C21H43IN6O. The summed E-state index contributed by atoms with van der Waals surface area (Å²) in [6.45, 7) is 13.9. The number of aliphatic imine (C=N–C) groups is 1. The summed E-state index contributed by atoms with van der Waals surface area (Å²) in [5, 5.41) is 7.02. The van der Waals surface area contributed by atoms with Crippen molar-refractivity contribution in [1.82, 2.24) is 20.4 Å². The number of guanidine groups is 1. The monoisotopic (exact) mass is 522 g/mol. The van der Waals surface area contributed by atoms with Gasteiger partial charge in [-0.2, -0.15) is 0 Å². The van der Waals surface area contributed by atoms with Gasteiger partial charge in [-0.05, 0) is 78.9 Å². The van der Waals surface area contributed by atoms with E-state index in [4.69, 9.17) is 10.7 Å². The zero-order valence-electron chi connectivity index (χ0n) is 18.7. The SMILES string of the molecule is CCNC(=NCCCCN1CCC(C(N)=O)CC1)NC1CCN(C(C)C)CC1.I. The molecule has 0 aliphatic carbocycles. The summed E-state index contributed by atoms with van der Waals surface area (Å²) in [7, 11) is 0. The smallest absolute Gasteiger partial charge is 0.220 e. The van der Waals surface area contributed by atoms with E-state index in [-0.39, 0.29) is 35.8 Å². The molecule has 2 fully saturated rings. The number of amides is 1. The van der Waals surface area contributed by atoms with E-state index < -0.39 is 0 Å². The molecule has 0 aromatic rings. The lowest BCUT2D eigenvalue weighted by atomic mass is 9.96. The summed E-state index contributed by atoms with van der Waals surface area (Å²) in [6.07, 6.45) is 6.44. The van der Waals surface area contributed by atoms with Crippen molar-refractivity contribution in [3.63, 3.8) is 0 Å². The Morgan fingerprint density at radius 3 is 2.31 bits per heavy atom. The number of halogens is 1. The van der Waals surface area contributed by atoms with Crippen LogP contribution in [-0.4, -0.2) is 79.6 Å². The van der Waals surface area contributed by atoms with Crippen molar-refractivity contribution in [2.24, 2.45) is 16.6 Å². The number of hydrogen-bond acceptors (Lipinski definition) is 4. The normalized spacial score (nSPS) is 20.5. The summed E-state index contributed by atoms with van der Waals surface area (Å²) in [5.74, 6) is 0.919. The highest BCUT2D eigenvalue weighted by molar-refractivity contribution is 14.0. The molecule has 170 valence electrons. The number of piperidine rings is 2. The Morgan fingerprint density at radius 2 is 1.76 bits per heavy atom. The molecule has 2 aliphatic heterocycles. The first-order chi connectivity index (χ1) is 13.5. The Labute approximate surface area is 194 Å². The van der Waals surface area contributed by atoms with Crippen molar-refractivity contribution in [1.29, 1.82) is 0 Å². The standard InChI is InChI=1S/C21H42N6O.HI/c1-4-23-21(25-19-9-15-27(16-10-19)17(2)3)24-11-5-6-12-26-13-7-18(8-14-26)20(22)28;/h17-19H,4-16H2,1-3H3,(H2,22,28)(H2,23,24,25);1H. The van der Waals surface area contributed by atoms with Crippen LogP contribution in [0.4, 0.5) is 0 Å². The maximum absolute atomic E-state index is 11.2. The van der Waals surface area contributed by atoms with Crippen molar-refractivity contribution in [2.45, 2.75) is 71.4 Å². The number of carbonyl (C=O) groups excluding carboxylic acids is 1. The third kappa shape index (κ3) is 9.83. The van der Waals surface area contributed by atoms with E-state index in [2.05, 4.69) is 41.2 Å². The molecule has 2 heterocycles. The summed E-state index contributed by atoms with van der Waals surface area (Å²) in [4.78, 5) is 21.0. The van der Waals surface area contributed by atoms with Gasteiger partial charge in [0.15, 0.2) is 5.96 Å². The molecule has 29 heavy (non-hydrogen) atoms. The number of hydrogen-bond donors (Lipinski definition) is 3. The number of likely N-dealkylation sites (tertiary alicyclic amines) is 2. The van der Waals surface area contributed by atoms with Crippen LogP contribution in [0.15, 0.2) is 4.99 Å². The maximum Gasteiger partial charge on any atom is 0.220 e. The second kappa shape index (κ2) is 14.4. The Morgan fingerprint density at radius 1 is 1.10 bits per heavy atom. The highest BCUT2D eigenvalue weighted by Gasteiger charge is 2.23. The van der Waals surface area contributed by atoms with E-state index in [1.54, 1.807) is 0 Å². The summed E-state index contributed by atoms with van der Waals surface area (Å²) < 4.78 is 0. The van der Waals surface area contributed by atoms with Crippen LogP contribution >= 0.6 is 24.0 Å². The van der Waals surface area contributed by atoms with Gasteiger partial charge in [-0.1, -0.05) is 0 Å². The fourth-order valence-electron chi connectivity index (χ4n) is 4.15. The topological polar surface area (TPSA) is 86.0 Å². The number of unbranched alkanes of at least 4 members (excludes halogenated alkanes) is 1. The maximum atomic E-state index is 11.2. The Hall–Kier alpha value is -0.610. The minimum Gasteiger partial charge on any atom is -0.369 e. The van der Waals surface area contributed by atoms with Gasteiger partial charge in [0, 0.05) is 44.2 Å². The molecule has 8 heteroatoms. The molecule has 4 N–H and O–H groups in total. The van der Waals surface area contributed by atoms with E-state index in [0.717, 1.165) is 64.4 Å². The highest BCUT2D eigenvalue weighted by atomic mass is 127. The zero-order valence-corrected chi connectivity index (χ0v) is 21.0. The largest absolute Gasteiger partial charge is 0.369 e. The van der Waals surface area contributed by atoms with Crippen LogP contribution in [0.5, 0.6) is 0 Å². The van der Waals surface area contributed by atoms with Gasteiger partial charge in [-0.25, -0.2) is 0 Å². The summed E-state index contributed by atoms with van der Waals surface area (Å²) in [6, 6.07) is 1.17. The average molecular weight is 523 g/mol. The molecule has 7 nitrogen and oxygen atoms in total. The minimum atomic E-state index is -0.132. The number of nitrogens with one attached hydrogen (secondary N) is 2. The second-order valence-electron chi connectivity index (χ2n) is 8.53. The lowest BCUT2D eigenvalue weighted by Gasteiger charge is -2.35. The van der Waals surface area contributed by atoms with Crippen molar-refractivity contribution in [2.75, 3.05) is 45.8 Å². The molecule has 1 amide bonds. The van der Waals surface area contributed by atoms with E-state index >= 15 is 0 Å². The van der Waals surface area contributed by atoms with Crippen LogP contribution in [0, 0.1) is 5.92 Å². The lowest BCUT2D eigenvalue weighted by molar-refractivity contribution is -0.123. The molecule has 0 unspecified atom stereocenters. The third-order valence-electron chi connectivity index (χ3n) is 6.09. The molecule has 0 aromatic heterocycles. The first-order valence-corrected chi connectivity index (χ1v) is 11.3. The van der Waals surface area contributed by atoms with Crippen LogP contribution < -0.4 is 16.4 Å². The van der Waals surface area contributed by atoms with Gasteiger partial charge < -0.3 is 26.2 Å².